The fourth-order valence-electron chi connectivity index (χ4n) is 2.46. The van der Waals surface area contributed by atoms with Gasteiger partial charge in [0.25, 0.3) is 0 Å². The Morgan fingerprint density at radius 1 is 1.30 bits per heavy atom. The van der Waals surface area contributed by atoms with E-state index >= 15 is 0 Å². The standard InChI is InChI=1S/C14H30N4O.HI/c1-12(10-18-7-5-6-8-18)9-16-14(15-3)17-13(2)11-19-4;/h12-13H,5-11H2,1-4H3,(H2,15,16,17);1H. The maximum Gasteiger partial charge on any atom is 0.191 e. The number of ether oxygens (including phenoxy) is 1. The molecule has 0 aliphatic carbocycles. The Bertz CT molecular complexity index is 270. The van der Waals surface area contributed by atoms with Crippen LogP contribution in [0.3, 0.4) is 0 Å². The fraction of sp³-hybridized carbons (Fsp3) is 0.929. The topological polar surface area (TPSA) is 48.9 Å². The smallest absolute Gasteiger partial charge is 0.191 e. The van der Waals surface area contributed by atoms with Gasteiger partial charge in [0.2, 0.25) is 0 Å². The molecular weight excluding hydrogens is 367 g/mol. The third-order valence-corrected chi connectivity index (χ3v) is 3.41. The van der Waals surface area contributed by atoms with Crippen LogP contribution in [0, 0.1) is 5.92 Å². The zero-order chi connectivity index (χ0) is 14.1. The SMILES string of the molecule is CN=C(NCC(C)CN1CCCC1)NC(C)COC.I. The van der Waals surface area contributed by atoms with Gasteiger partial charge in [-0.3, -0.25) is 4.99 Å². The number of likely N-dealkylation sites (tertiary alicyclic amines) is 1. The molecule has 1 fully saturated rings. The number of methoxy groups -OCH3 is 1. The molecule has 1 saturated heterocycles. The fourth-order valence-corrected chi connectivity index (χ4v) is 2.46. The maximum absolute atomic E-state index is 5.11. The molecule has 0 radical (unpaired) electrons. The molecule has 20 heavy (non-hydrogen) atoms. The minimum absolute atomic E-state index is 0. The Morgan fingerprint density at radius 2 is 1.95 bits per heavy atom. The average molecular weight is 398 g/mol. The normalized spacial score (nSPS) is 19.3. The summed E-state index contributed by atoms with van der Waals surface area (Å²) in [6.07, 6.45) is 2.72. The Balaban J connectivity index is 0.00000361. The van der Waals surface area contributed by atoms with Gasteiger partial charge in [-0.15, -0.1) is 24.0 Å². The quantitative estimate of drug-likeness (QED) is 0.388. The van der Waals surface area contributed by atoms with Gasteiger partial charge in [-0.1, -0.05) is 6.92 Å². The molecule has 2 N–H and O–H groups in total. The van der Waals surface area contributed by atoms with Crippen LogP contribution in [-0.2, 0) is 4.74 Å². The van der Waals surface area contributed by atoms with Crippen LogP contribution in [0.25, 0.3) is 0 Å². The molecule has 1 aliphatic heterocycles. The van der Waals surface area contributed by atoms with E-state index in [2.05, 4.69) is 34.4 Å². The third-order valence-electron chi connectivity index (χ3n) is 3.41. The van der Waals surface area contributed by atoms with Gasteiger partial charge in [0, 0.05) is 33.3 Å². The molecule has 0 aromatic heterocycles. The molecule has 0 bridgehead atoms. The van der Waals surface area contributed by atoms with Gasteiger partial charge in [0.05, 0.1) is 6.61 Å². The van der Waals surface area contributed by atoms with Crippen LogP contribution in [-0.4, -0.2) is 63.8 Å². The second-order valence-corrected chi connectivity index (χ2v) is 5.57. The van der Waals surface area contributed by atoms with Crippen molar-refractivity contribution in [2.24, 2.45) is 10.9 Å². The molecule has 6 heteroatoms. The summed E-state index contributed by atoms with van der Waals surface area (Å²) in [6.45, 7) is 9.73. The van der Waals surface area contributed by atoms with E-state index in [1.54, 1.807) is 14.2 Å². The number of rotatable bonds is 7. The summed E-state index contributed by atoms with van der Waals surface area (Å²) in [6, 6.07) is 0.269. The summed E-state index contributed by atoms with van der Waals surface area (Å²) in [5.74, 6) is 1.49. The highest BCUT2D eigenvalue weighted by molar-refractivity contribution is 14.0. The molecule has 0 spiro atoms. The van der Waals surface area contributed by atoms with Crippen molar-refractivity contribution in [3.63, 3.8) is 0 Å². The zero-order valence-electron chi connectivity index (χ0n) is 13.3. The highest BCUT2D eigenvalue weighted by Crippen LogP contribution is 2.09. The minimum atomic E-state index is 0. The number of hydrogen-bond acceptors (Lipinski definition) is 3. The molecule has 120 valence electrons. The predicted octanol–water partition coefficient (Wildman–Crippen LogP) is 1.54. The van der Waals surface area contributed by atoms with Gasteiger partial charge >= 0.3 is 0 Å². The lowest BCUT2D eigenvalue weighted by Crippen LogP contribution is -2.46. The van der Waals surface area contributed by atoms with Crippen molar-refractivity contribution in [3.05, 3.63) is 0 Å². The van der Waals surface area contributed by atoms with Gasteiger partial charge in [0.15, 0.2) is 5.96 Å². The molecule has 1 heterocycles. The van der Waals surface area contributed by atoms with Crippen molar-refractivity contribution in [1.82, 2.24) is 15.5 Å². The molecule has 0 saturated carbocycles. The minimum Gasteiger partial charge on any atom is -0.383 e. The monoisotopic (exact) mass is 398 g/mol. The molecule has 1 rings (SSSR count). The van der Waals surface area contributed by atoms with E-state index in [1.807, 2.05) is 0 Å². The van der Waals surface area contributed by atoms with Crippen molar-refractivity contribution in [3.8, 4) is 0 Å². The van der Waals surface area contributed by atoms with Crippen molar-refractivity contribution in [1.29, 1.82) is 0 Å². The summed E-state index contributed by atoms with van der Waals surface area (Å²) in [5.41, 5.74) is 0. The van der Waals surface area contributed by atoms with E-state index < -0.39 is 0 Å². The van der Waals surface area contributed by atoms with Crippen LogP contribution in [0.15, 0.2) is 4.99 Å². The van der Waals surface area contributed by atoms with E-state index in [4.69, 9.17) is 4.74 Å². The van der Waals surface area contributed by atoms with E-state index in [0.29, 0.717) is 12.5 Å². The molecule has 0 aromatic rings. The largest absolute Gasteiger partial charge is 0.383 e. The molecule has 0 aromatic carbocycles. The predicted molar refractivity (Wildman–Crippen MR) is 96.1 cm³/mol. The van der Waals surface area contributed by atoms with Crippen LogP contribution < -0.4 is 10.6 Å². The Kier molecular flexibility index (Phi) is 11.5. The first-order valence-electron chi connectivity index (χ1n) is 7.34. The van der Waals surface area contributed by atoms with Gasteiger partial charge in [0.1, 0.15) is 0 Å². The molecular formula is C14H31IN4O. The van der Waals surface area contributed by atoms with E-state index in [0.717, 1.165) is 12.5 Å². The lowest BCUT2D eigenvalue weighted by atomic mass is 10.1. The molecule has 2 atom stereocenters. The zero-order valence-corrected chi connectivity index (χ0v) is 15.6. The Hall–Kier alpha value is -0.0800. The number of nitrogens with one attached hydrogen (secondary N) is 2. The lowest BCUT2D eigenvalue weighted by molar-refractivity contribution is 0.179. The van der Waals surface area contributed by atoms with Crippen LogP contribution in [0.5, 0.6) is 0 Å². The number of hydrogen-bond donors (Lipinski definition) is 2. The van der Waals surface area contributed by atoms with E-state index in [9.17, 15) is 0 Å². The third kappa shape index (κ3) is 8.26. The Morgan fingerprint density at radius 3 is 2.50 bits per heavy atom. The molecule has 5 nitrogen and oxygen atoms in total. The number of halogens is 1. The molecule has 2 unspecified atom stereocenters. The summed E-state index contributed by atoms with van der Waals surface area (Å²) >= 11 is 0. The van der Waals surface area contributed by atoms with Crippen LogP contribution in [0.4, 0.5) is 0 Å². The van der Waals surface area contributed by atoms with Crippen LogP contribution in [0.2, 0.25) is 0 Å². The second kappa shape index (κ2) is 11.6. The first-order chi connectivity index (χ1) is 9.15. The molecule has 0 amide bonds. The first-order valence-corrected chi connectivity index (χ1v) is 7.34. The van der Waals surface area contributed by atoms with E-state index in [-0.39, 0.29) is 30.0 Å². The lowest BCUT2D eigenvalue weighted by Gasteiger charge is -2.22. The van der Waals surface area contributed by atoms with Crippen LogP contribution >= 0.6 is 24.0 Å². The van der Waals surface area contributed by atoms with Gasteiger partial charge in [-0.05, 0) is 38.8 Å². The van der Waals surface area contributed by atoms with Gasteiger partial charge in [-0.2, -0.15) is 0 Å². The second-order valence-electron chi connectivity index (χ2n) is 5.57. The number of nitrogens with zero attached hydrogens (tertiary/aromatic N) is 2. The molecule has 1 aliphatic rings. The van der Waals surface area contributed by atoms with Crippen molar-refractivity contribution < 1.29 is 4.74 Å². The Labute approximate surface area is 140 Å². The highest BCUT2D eigenvalue weighted by atomic mass is 127. The average Bonchev–Trinajstić information content (AvgIpc) is 2.87. The van der Waals surface area contributed by atoms with Gasteiger partial charge in [-0.25, -0.2) is 0 Å². The van der Waals surface area contributed by atoms with Crippen molar-refractivity contribution in [2.45, 2.75) is 32.7 Å². The maximum atomic E-state index is 5.11. The summed E-state index contributed by atoms with van der Waals surface area (Å²) in [4.78, 5) is 6.79. The van der Waals surface area contributed by atoms with E-state index in [1.165, 1.54) is 32.5 Å². The van der Waals surface area contributed by atoms with Crippen molar-refractivity contribution in [2.75, 3.05) is 46.9 Å². The number of guanidine groups is 1. The van der Waals surface area contributed by atoms with Crippen LogP contribution in [0.1, 0.15) is 26.7 Å². The summed E-state index contributed by atoms with van der Waals surface area (Å²) in [5, 5.41) is 6.71. The van der Waals surface area contributed by atoms with Crippen molar-refractivity contribution >= 4 is 29.9 Å². The highest BCUT2D eigenvalue weighted by Gasteiger charge is 2.15. The summed E-state index contributed by atoms with van der Waals surface area (Å²) in [7, 11) is 3.52. The first kappa shape index (κ1) is 19.9. The number of aliphatic imine (C=N–C) groups is 1. The summed E-state index contributed by atoms with van der Waals surface area (Å²) < 4.78 is 5.11. The van der Waals surface area contributed by atoms with Gasteiger partial charge < -0.3 is 20.3 Å².